The number of amides is 1. The topological polar surface area (TPSA) is 55.6 Å². The zero-order valence-corrected chi connectivity index (χ0v) is 21.6. The van der Waals surface area contributed by atoms with Gasteiger partial charge in [-0.2, -0.15) is 0 Å². The Bertz CT molecular complexity index is 1540. The van der Waals surface area contributed by atoms with Gasteiger partial charge in [-0.1, -0.05) is 48.0 Å². The quantitative estimate of drug-likeness (QED) is 0.248. The molecular formula is C31H28ClN3O2. The Morgan fingerprint density at radius 1 is 0.973 bits per heavy atom. The highest BCUT2D eigenvalue weighted by molar-refractivity contribution is 6.30. The Labute approximate surface area is 221 Å². The van der Waals surface area contributed by atoms with Crippen LogP contribution in [0.15, 0.2) is 91.1 Å². The summed E-state index contributed by atoms with van der Waals surface area (Å²) in [4.78, 5) is 17.7. The summed E-state index contributed by atoms with van der Waals surface area (Å²) in [6.45, 7) is 2.57. The average molecular weight is 510 g/mol. The van der Waals surface area contributed by atoms with Crippen molar-refractivity contribution < 1.29 is 9.53 Å². The van der Waals surface area contributed by atoms with Gasteiger partial charge in [0.1, 0.15) is 11.4 Å². The number of fused-ring (bicyclic) bond motifs is 1. The molecule has 0 aliphatic rings. The molecule has 0 atom stereocenters. The predicted molar refractivity (Wildman–Crippen MR) is 149 cm³/mol. The van der Waals surface area contributed by atoms with Crippen molar-refractivity contribution in [2.45, 2.75) is 26.3 Å². The first-order valence-corrected chi connectivity index (χ1v) is 12.6. The smallest absolute Gasteiger partial charge is 0.220 e. The van der Waals surface area contributed by atoms with Gasteiger partial charge in [-0.25, -0.2) is 4.98 Å². The van der Waals surface area contributed by atoms with E-state index in [1.165, 1.54) is 0 Å². The number of pyridine rings is 1. The number of halogens is 1. The SMILES string of the molecule is COc1ccc(-c2nc3ccc(-c4ccc(Cl)cc4C)cn3c2CCC(=O)NCc2ccccc2)cc1. The standard InChI is InChI=1S/C31H28ClN3O2/c1-21-18-25(32)11-14-27(21)24-10-16-29-34-31(23-8-12-26(37-2)13-9-23)28(35(29)20-24)15-17-30(36)33-19-22-6-4-3-5-7-22/h3-14,16,18,20H,15,17,19H2,1-2H3,(H,33,36). The molecule has 0 aliphatic carbocycles. The van der Waals surface area contributed by atoms with Gasteiger partial charge in [0.15, 0.2) is 0 Å². The minimum absolute atomic E-state index is 0.00387. The largest absolute Gasteiger partial charge is 0.497 e. The third kappa shape index (κ3) is 5.52. The number of carbonyl (C=O) groups is 1. The molecule has 2 heterocycles. The molecule has 186 valence electrons. The molecule has 1 amide bonds. The molecule has 0 unspecified atom stereocenters. The second-order valence-corrected chi connectivity index (χ2v) is 9.44. The van der Waals surface area contributed by atoms with Crippen molar-refractivity contribution >= 4 is 23.2 Å². The highest BCUT2D eigenvalue weighted by atomic mass is 35.5. The Morgan fingerprint density at radius 2 is 1.73 bits per heavy atom. The van der Waals surface area contributed by atoms with Crippen LogP contribution in [0.4, 0.5) is 0 Å². The molecule has 0 bridgehead atoms. The van der Waals surface area contributed by atoms with Crippen LogP contribution in [0.2, 0.25) is 5.02 Å². The number of ether oxygens (including phenoxy) is 1. The van der Waals surface area contributed by atoms with Crippen molar-refractivity contribution in [1.29, 1.82) is 0 Å². The number of methoxy groups -OCH3 is 1. The van der Waals surface area contributed by atoms with Crippen LogP contribution in [0.25, 0.3) is 28.0 Å². The number of hydrogen-bond donors (Lipinski definition) is 1. The summed E-state index contributed by atoms with van der Waals surface area (Å²) in [7, 11) is 1.65. The summed E-state index contributed by atoms with van der Waals surface area (Å²) in [5, 5.41) is 3.75. The van der Waals surface area contributed by atoms with Crippen LogP contribution in [0.3, 0.4) is 0 Å². The fourth-order valence-corrected chi connectivity index (χ4v) is 4.77. The zero-order chi connectivity index (χ0) is 25.8. The maximum atomic E-state index is 12.8. The van der Waals surface area contributed by atoms with Gasteiger partial charge in [0.2, 0.25) is 5.91 Å². The number of carbonyl (C=O) groups excluding carboxylic acids is 1. The molecule has 2 aromatic heterocycles. The van der Waals surface area contributed by atoms with E-state index < -0.39 is 0 Å². The molecule has 0 saturated carbocycles. The summed E-state index contributed by atoms with van der Waals surface area (Å²) in [6, 6.07) is 27.8. The molecule has 0 spiro atoms. The Hall–Kier alpha value is -4.09. The monoisotopic (exact) mass is 509 g/mol. The first-order valence-electron chi connectivity index (χ1n) is 12.2. The molecule has 37 heavy (non-hydrogen) atoms. The first-order chi connectivity index (χ1) is 18.0. The van der Waals surface area contributed by atoms with E-state index in [-0.39, 0.29) is 5.91 Å². The molecule has 0 saturated heterocycles. The molecule has 0 fully saturated rings. The highest BCUT2D eigenvalue weighted by Gasteiger charge is 2.17. The highest BCUT2D eigenvalue weighted by Crippen LogP contribution is 2.31. The van der Waals surface area contributed by atoms with Crippen molar-refractivity contribution in [2.24, 2.45) is 0 Å². The van der Waals surface area contributed by atoms with E-state index in [1.54, 1.807) is 7.11 Å². The third-order valence-corrected chi connectivity index (χ3v) is 6.74. The van der Waals surface area contributed by atoms with Crippen LogP contribution < -0.4 is 10.1 Å². The lowest BCUT2D eigenvalue weighted by atomic mass is 10.0. The van der Waals surface area contributed by atoms with Crippen LogP contribution in [-0.2, 0) is 17.8 Å². The Balaban J connectivity index is 1.48. The van der Waals surface area contributed by atoms with E-state index in [0.29, 0.717) is 24.4 Å². The van der Waals surface area contributed by atoms with Crippen LogP contribution in [0.1, 0.15) is 23.2 Å². The second-order valence-electron chi connectivity index (χ2n) is 9.00. The normalized spacial score (nSPS) is 11.0. The number of nitrogens with zero attached hydrogens (tertiary/aromatic N) is 2. The lowest BCUT2D eigenvalue weighted by Crippen LogP contribution is -2.23. The van der Waals surface area contributed by atoms with Crippen LogP contribution >= 0.6 is 11.6 Å². The molecule has 5 aromatic rings. The number of nitrogens with one attached hydrogen (secondary N) is 1. The van der Waals surface area contributed by atoms with E-state index in [4.69, 9.17) is 21.3 Å². The van der Waals surface area contributed by atoms with Crippen LogP contribution in [-0.4, -0.2) is 22.4 Å². The fourth-order valence-electron chi connectivity index (χ4n) is 4.54. The number of hydrogen-bond acceptors (Lipinski definition) is 3. The molecule has 5 nitrogen and oxygen atoms in total. The van der Waals surface area contributed by atoms with Crippen LogP contribution in [0.5, 0.6) is 5.75 Å². The summed E-state index contributed by atoms with van der Waals surface area (Å²) < 4.78 is 7.44. The van der Waals surface area contributed by atoms with Gasteiger partial charge in [0.05, 0.1) is 18.5 Å². The summed E-state index contributed by atoms with van der Waals surface area (Å²) in [5.74, 6) is 0.791. The van der Waals surface area contributed by atoms with E-state index in [2.05, 4.69) is 28.9 Å². The molecular weight excluding hydrogens is 482 g/mol. The van der Waals surface area contributed by atoms with Crippen molar-refractivity contribution in [3.8, 4) is 28.1 Å². The summed E-state index contributed by atoms with van der Waals surface area (Å²) >= 11 is 6.19. The number of benzene rings is 3. The van der Waals surface area contributed by atoms with Gasteiger partial charge in [0.25, 0.3) is 0 Å². The maximum absolute atomic E-state index is 12.8. The summed E-state index contributed by atoms with van der Waals surface area (Å²) in [6.07, 6.45) is 3.00. The molecule has 0 radical (unpaired) electrons. The van der Waals surface area contributed by atoms with Crippen LogP contribution in [0, 0.1) is 6.92 Å². The second kappa shape index (κ2) is 10.9. The van der Waals surface area contributed by atoms with E-state index in [0.717, 1.165) is 50.6 Å². The number of imidazole rings is 1. The first kappa shape index (κ1) is 24.6. The number of rotatable bonds is 8. The number of aromatic nitrogens is 2. The molecule has 0 aliphatic heterocycles. The molecule has 1 N–H and O–H groups in total. The van der Waals surface area contributed by atoms with E-state index >= 15 is 0 Å². The minimum Gasteiger partial charge on any atom is -0.497 e. The molecule has 6 heteroatoms. The average Bonchev–Trinajstić information content (AvgIpc) is 3.29. The lowest BCUT2D eigenvalue weighted by Gasteiger charge is -2.10. The van der Waals surface area contributed by atoms with Crippen molar-refractivity contribution in [2.75, 3.05) is 7.11 Å². The summed E-state index contributed by atoms with van der Waals surface area (Å²) in [5.41, 5.74) is 8.02. The van der Waals surface area contributed by atoms with Crippen molar-refractivity contribution in [3.05, 3.63) is 113 Å². The van der Waals surface area contributed by atoms with Gasteiger partial charge < -0.3 is 14.5 Å². The van der Waals surface area contributed by atoms with Crippen molar-refractivity contribution in [1.82, 2.24) is 14.7 Å². The molecule has 3 aromatic carbocycles. The minimum atomic E-state index is 0.00387. The Morgan fingerprint density at radius 3 is 2.46 bits per heavy atom. The fraction of sp³-hybridized carbons (Fsp3) is 0.161. The van der Waals surface area contributed by atoms with E-state index in [9.17, 15) is 4.79 Å². The maximum Gasteiger partial charge on any atom is 0.220 e. The molecule has 5 rings (SSSR count). The van der Waals surface area contributed by atoms with Gasteiger partial charge in [-0.05, 0) is 84.1 Å². The van der Waals surface area contributed by atoms with Gasteiger partial charge in [0, 0.05) is 29.7 Å². The third-order valence-electron chi connectivity index (χ3n) is 6.50. The van der Waals surface area contributed by atoms with Gasteiger partial charge in [-0.3, -0.25) is 4.79 Å². The van der Waals surface area contributed by atoms with Gasteiger partial charge in [-0.15, -0.1) is 0 Å². The Kier molecular flexibility index (Phi) is 7.24. The lowest BCUT2D eigenvalue weighted by molar-refractivity contribution is -0.121. The number of aryl methyl sites for hydroxylation is 2. The van der Waals surface area contributed by atoms with Gasteiger partial charge >= 0.3 is 0 Å². The predicted octanol–water partition coefficient (Wildman–Crippen LogP) is 6.89. The van der Waals surface area contributed by atoms with E-state index in [1.807, 2.05) is 78.9 Å². The zero-order valence-electron chi connectivity index (χ0n) is 20.9. The van der Waals surface area contributed by atoms with Crippen molar-refractivity contribution in [3.63, 3.8) is 0 Å².